The number of ether oxygens (including phenoxy) is 2. The molecule has 18 heavy (non-hydrogen) atoms. The van der Waals surface area contributed by atoms with Crippen LogP contribution in [0.2, 0.25) is 0 Å². The van der Waals surface area contributed by atoms with Crippen LogP contribution in [0, 0.1) is 0 Å². The van der Waals surface area contributed by atoms with Crippen LogP contribution in [0.5, 0.6) is 5.75 Å². The number of benzene rings is 1. The highest BCUT2D eigenvalue weighted by Gasteiger charge is 2.19. The molecule has 3 rings (SSSR count). The Morgan fingerprint density at radius 2 is 2.33 bits per heavy atom. The van der Waals surface area contributed by atoms with E-state index in [-0.39, 0.29) is 6.23 Å². The summed E-state index contributed by atoms with van der Waals surface area (Å²) in [6.07, 6.45) is 5.30. The second-order valence-electron chi connectivity index (χ2n) is 4.42. The van der Waals surface area contributed by atoms with E-state index in [0.29, 0.717) is 0 Å². The van der Waals surface area contributed by atoms with Gasteiger partial charge in [-0.3, -0.25) is 0 Å². The predicted molar refractivity (Wildman–Crippen MR) is 72.8 cm³/mol. The van der Waals surface area contributed by atoms with Gasteiger partial charge in [-0.15, -0.1) is 0 Å². The highest BCUT2D eigenvalue weighted by Crippen LogP contribution is 2.35. The average Bonchev–Trinajstić information content (AvgIpc) is 2.85. The van der Waals surface area contributed by atoms with E-state index in [9.17, 15) is 0 Å². The lowest BCUT2D eigenvalue weighted by molar-refractivity contribution is -0.0366. The van der Waals surface area contributed by atoms with Gasteiger partial charge in [0, 0.05) is 12.0 Å². The number of methoxy groups -OCH3 is 1. The van der Waals surface area contributed by atoms with Crippen molar-refractivity contribution in [1.82, 2.24) is 9.78 Å². The zero-order valence-electron chi connectivity index (χ0n) is 10.2. The van der Waals surface area contributed by atoms with Gasteiger partial charge < -0.3 is 9.47 Å². The lowest BCUT2D eigenvalue weighted by atomic mass is 10.2. The minimum absolute atomic E-state index is 0.0662. The molecule has 1 aliphatic rings. The largest absolute Gasteiger partial charge is 0.496 e. The molecule has 1 unspecified atom stereocenters. The molecule has 5 heteroatoms. The standard InChI is InChI=1S/C13H15BrN2O2/c1-17-11-6-5-10-9(13(11)14)8-15-16(10)12-4-2-3-7-18-12/h5-6,8,12H,2-4,7H2,1H3. The molecule has 96 valence electrons. The van der Waals surface area contributed by atoms with Crippen LogP contribution in [0.3, 0.4) is 0 Å². The fourth-order valence-corrected chi connectivity index (χ4v) is 2.97. The van der Waals surface area contributed by atoms with Crippen molar-refractivity contribution < 1.29 is 9.47 Å². The summed E-state index contributed by atoms with van der Waals surface area (Å²) in [5.41, 5.74) is 1.08. The Bertz CT molecular complexity index is 561. The zero-order chi connectivity index (χ0) is 12.5. The van der Waals surface area contributed by atoms with Crippen molar-refractivity contribution in [2.24, 2.45) is 0 Å². The lowest BCUT2D eigenvalue weighted by Crippen LogP contribution is -2.18. The first kappa shape index (κ1) is 12.0. The maximum Gasteiger partial charge on any atom is 0.150 e. The molecule has 2 aromatic rings. The van der Waals surface area contributed by atoms with E-state index >= 15 is 0 Å². The summed E-state index contributed by atoms with van der Waals surface area (Å²) in [6, 6.07) is 3.98. The van der Waals surface area contributed by atoms with Crippen LogP contribution >= 0.6 is 15.9 Å². The summed E-state index contributed by atoms with van der Waals surface area (Å²) < 4.78 is 14.0. The van der Waals surface area contributed by atoms with E-state index in [1.165, 1.54) is 6.42 Å². The van der Waals surface area contributed by atoms with Crippen molar-refractivity contribution in [2.75, 3.05) is 13.7 Å². The number of aromatic nitrogens is 2. The highest BCUT2D eigenvalue weighted by atomic mass is 79.9. The molecule has 1 atom stereocenters. The zero-order valence-corrected chi connectivity index (χ0v) is 11.8. The van der Waals surface area contributed by atoms with Gasteiger partial charge in [-0.2, -0.15) is 5.10 Å². The minimum atomic E-state index is 0.0662. The highest BCUT2D eigenvalue weighted by molar-refractivity contribution is 9.10. The fourth-order valence-electron chi connectivity index (χ4n) is 2.37. The minimum Gasteiger partial charge on any atom is -0.496 e. The lowest BCUT2D eigenvalue weighted by Gasteiger charge is -2.23. The average molecular weight is 311 g/mol. The van der Waals surface area contributed by atoms with Gasteiger partial charge in [0.15, 0.2) is 6.23 Å². The summed E-state index contributed by atoms with van der Waals surface area (Å²) in [7, 11) is 1.67. The van der Waals surface area contributed by atoms with Gasteiger partial charge in [-0.05, 0) is 47.3 Å². The second kappa shape index (κ2) is 4.90. The Balaban J connectivity index is 2.06. The van der Waals surface area contributed by atoms with Crippen LogP contribution < -0.4 is 4.74 Å². The van der Waals surface area contributed by atoms with E-state index in [2.05, 4.69) is 21.0 Å². The molecule has 2 heterocycles. The topological polar surface area (TPSA) is 36.3 Å². The van der Waals surface area contributed by atoms with E-state index < -0.39 is 0 Å². The molecule has 0 bridgehead atoms. The molecule has 0 aliphatic carbocycles. The molecule has 0 spiro atoms. The number of hydrogen-bond donors (Lipinski definition) is 0. The Labute approximate surface area is 114 Å². The van der Waals surface area contributed by atoms with E-state index in [1.54, 1.807) is 7.11 Å². The summed E-state index contributed by atoms with van der Waals surface area (Å²) >= 11 is 3.56. The summed E-state index contributed by atoms with van der Waals surface area (Å²) in [5, 5.41) is 5.52. The fraction of sp³-hybridized carbons (Fsp3) is 0.462. The molecule has 1 aliphatic heterocycles. The van der Waals surface area contributed by atoms with Crippen LogP contribution in [0.25, 0.3) is 10.9 Å². The van der Waals surface area contributed by atoms with Gasteiger partial charge in [0.05, 0.1) is 23.3 Å². The van der Waals surface area contributed by atoms with Crippen molar-refractivity contribution in [3.63, 3.8) is 0 Å². The van der Waals surface area contributed by atoms with Gasteiger partial charge in [0.1, 0.15) is 5.75 Å². The SMILES string of the molecule is COc1ccc2c(cnn2C2CCCCO2)c1Br. The summed E-state index contributed by atoms with van der Waals surface area (Å²) in [5.74, 6) is 0.826. The van der Waals surface area contributed by atoms with E-state index in [0.717, 1.165) is 40.6 Å². The van der Waals surface area contributed by atoms with Gasteiger partial charge in [0.2, 0.25) is 0 Å². The van der Waals surface area contributed by atoms with Crippen molar-refractivity contribution in [1.29, 1.82) is 0 Å². The maximum absolute atomic E-state index is 5.78. The van der Waals surface area contributed by atoms with Crippen molar-refractivity contribution >= 4 is 26.8 Å². The van der Waals surface area contributed by atoms with Gasteiger partial charge >= 0.3 is 0 Å². The number of rotatable bonds is 2. The molecule has 4 nitrogen and oxygen atoms in total. The number of hydrogen-bond acceptors (Lipinski definition) is 3. The Kier molecular flexibility index (Phi) is 3.26. The Morgan fingerprint density at radius 3 is 3.06 bits per heavy atom. The molecule has 0 radical (unpaired) electrons. The van der Waals surface area contributed by atoms with E-state index in [1.807, 2.05) is 23.0 Å². The molecule has 1 saturated heterocycles. The van der Waals surface area contributed by atoms with Crippen LogP contribution in [0.1, 0.15) is 25.5 Å². The second-order valence-corrected chi connectivity index (χ2v) is 5.22. The monoisotopic (exact) mass is 310 g/mol. The third-order valence-corrected chi connectivity index (χ3v) is 4.15. The first-order valence-electron chi connectivity index (χ1n) is 6.12. The third kappa shape index (κ3) is 1.91. The van der Waals surface area contributed by atoms with Crippen molar-refractivity contribution in [3.05, 3.63) is 22.8 Å². The molecule has 1 fully saturated rings. The molecule has 1 aromatic carbocycles. The quantitative estimate of drug-likeness (QED) is 0.851. The van der Waals surface area contributed by atoms with Crippen LogP contribution in [-0.4, -0.2) is 23.5 Å². The molecule has 1 aromatic heterocycles. The predicted octanol–water partition coefficient (Wildman–Crippen LogP) is 3.51. The summed E-state index contributed by atoms with van der Waals surface area (Å²) in [4.78, 5) is 0. The molecular formula is C13H15BrN2O2. The number of nitrogens with zero attached hydrogens (tertiary/aromatic N) is 2. The number of halogens is 1. The smallest absolute Gasteiger partial charge is 0.150 e. The molecule has 0 N–H and O–H groups in total. The van der Waals surface area contributed by atoms with Crippen LogP contribution in [0.15, 0.2) is 22.8 Å². The summed E-state index contributed by atoms with van der Waals surface area (Å²) in [6.45, 7) is 0.823. The van der Waals surface area contributed by atoms with Gasteiger partial charge in [-0.1, -0.05) is 0 Å². The third-order valence-electron chi connectivity index (χ3n) is 3.33. The molecular weight excluding hydrogens is 296 g/mol. The van der Waals surface area contributed by atoms with Gasteiger partial charge in [0.25, 0.3) is 0 Å². The van der Waals surface area contributed by atoms with Crippen LogP contribution in [0.4, 0.5) is 0 Å². The number of fused-ring (bicyclic) bond motifs is 1. The molecule has 0 amide bonds. The first-order valence-corrected chi connectivity index (χ1v) is 6.92. The molecule has 0 saturated carbocycles. The first-order chi connectivity index (χ1) is 8.81. The Morgan fingerprint density at radius 1 is 1.44 bits per heavy atom. The van der Waals surface area contributed by atoms with Crippen LogP contribution in [-0.2, 0) is 4.74 Å². The van der Waals surface area contributed by atoms with Crippen molar-refractivity contribution in [2.45, 2.75) is 25.5 Å². The maximum atomic E-state index is 5.78. The normalized spacial score (nSPS) is 20.2. The van der Waals surface area contributed by atoms with E-state index in [4.69, 9.17) is 9.47 Å². The Hall–Kier alpha value is -1.07. The van der Waals surface area contributed by atoms with Crippen molar-refractivity contribution in [3.8, 4) is 5.75 Å². The van der Waals surface area contributed by atoms with Gasteiger partial charge in [-0.25, -0.2) is 4.68 Å².